The number of non-ortho nitro benzene ring substituents is 1. The molecule has 3 amide bonds. The fourth-order valence-corrected chi connectivity index (χ4v) is 4.64. The van der Waals surface area contributed by atoms with Gasteiger partial charge in [0.25, 0.3) is 16.8 Å². The first-order chi connectivity index (χ1) is 16.8. The number of piperazine rings is 1. The van der Waals surface area contributed by atoms with Gasteiger partial charge in [-0.3, -0.25) is 29.4 Å². The second kappa shape index (κ2) is 10.1. The third kappa shape index (κ3) is 5.22. The van der Waals surface area contributed by atoms with Gasteiger partial charge in [0.1, 0.15) is 6.54 Å². The molecule has 2 aromatic carbocycles. The largest absolute Gasteiger partial charge is 0.504 e. The molecular formula is C23H22N4O7S. The highest BCUT2D eigenvalue weighted by Crippen LogP contribution is 2.34. The molecule has 182 valence electrons. The minimum atomic E-state index is -0.551. The smallest absolute Gasteiger partial charge is 0.294 e. The first kappa shape index (κ1) is 24.1. The number of carbonyl (C=O) groups excluding carboxylic acids is 3. The van der Waals surface area contributed by atoms with Crippen LogP contribution in [-0.4, -0.2) is 76.7 Å². The summed E-state index contributed by atoms with van der Waals surface area (Å²) in [7, 11) is 1.41. The molecule has 0 bridgehead atoms. The molecule has 1 N–H and O–H groups in total. The first-order valence-corrected chi connectivity index (χ1v) is 11.5. The van der Waals surface area contributed by atoms with Gasteiger partial charge in [-0.05, 0) is 47.7 Å². The van der Waals surface area contributed by atoms with Gasteiger partial charge in [0.2, 0.25) is 5.91 Å². The molecule has 2 aliphatic heterocycles. The van der Waals surface area contributed by atoms with Crippen molar-refractivity contribution < 1.29 is 29.2 Å². The van der Waals surface area contributed by atoms with E-state index in [1.54, 1.807) is 29.2 Å². The number of rotatable bonds is 6. The summed E-state index contributed by atoms with van der Waals surface area (Å²) >= 11 is 0.752. The van der Waals surface area contributed by atoms with Crippen LogP contribution in [0.4, 0.5) is 16.2 Å². The number of nitrogens with zero attached hydrogens (tertiary/aromatic N) is 4. The summed E-state index contributed by atoms with van der Waals surface area (Å²) in [5.74, 6) is -0.689. The average molecular weight is 499 g/mol. The molecule has 2 aromatic rings. The molecule has 12 heteroatoms. The number of ether oxygens (including phenoxy) is 1. The Balaban J connectivity index is 1.35. The van der Waals surface area contributed by atoms with Crippen LogP contribution in [0, 0.1) is 10.1 Å². The number of phenols is 1. The van der Waals surface area contributed by atoms with Gasteiger partial charge in [0.15, 0.2) is 11.5 Å². The lowest BCUT2D eigenvalue weighted by Crippen LogP contribution is -2.51. The number of hydrogen-bond acceptors (Lipinski definition) is 9. The Kier molecular flexibility index (Phi) is 6.92. The van der Waals surface area contributed by atoms with Gasteiger partial charge in [0.05, 0.1) is 16.9 Å². The van der Waals surface area contributed by atoms with Gasteiger partial charge in [0, 0.05) is 44.0 Å². The lowest BCUT2D eigenvalue weighted by molar-refractivity contribution is -0.384. The van der Waals surface area contributed by atoms with Crippen molar-refractivity contribution in [2.24, 2.45) is 0 Å². The number of imide groups is 1. The van der Waals surface area contributed by atoms with Crippen LogP contribution >= 0.6 is 11.8 Å². The Labute approximate surface area is 204 Å². The highest BCUT2D eigenvalue weighted by molar-refractivity contribution is 8.18. The van der Waals surface area contributed by atoms with Crippen molar-refractivity contribution >= 4 is 46.3 Å². The summed E-state index contributed by atoms with van der Waals surface area (Å²) in [6.45, 7) is 1.49. The molecular weight excluding hydrogens is 476 g/mol. The minimum absolute atomic E-state index is 0.0124. The summed E-state index contributed by atoms with van der Waals surface area (Å²) in [6.07, 6.45) is 1.51. The molecule has 0 saturated carbocycles. The Hall–Kier alpha value is -4.06. The molecule has 0 radical (unpaired) electrons. The fraction of sp³-hybridized carbons (Fsp3) is 0.261. The van der Waals surface area contributed by atoms with E-state index in [1.165, 1.54) is 31.4 Å². The van der Waals surface area contributed by atoms with E-state index in [2.05, 4.69) is 0 Å². The van der Waals surface area contributed by atoms with Crippen LogP contribution < -0.4 is 9.64 Å². The molecule has 0 unspecified atom stereocenters. The molecule has 2 fully saturated rings. The van der Waals surface area contributed by atoms with E-state index in [0.717, 1.165) is 22.3 Å². The molecule has 0 atom stereocenters. The predicted octanol–water partition coefficient (Wildman–Crippen LogP) is 2.69. The zero-order valence-corrected chi connectivity index (χ0v) is 19.6. The van der Waals surface area contributed by atoms with Crippen molar-refractivity contribution in [3.05, 3.63) is 63.0 Å². The number of methoxy groups -OCH3 is 1. The van der Waals surface area contributed by atoms with Crippen molar-refractivity contribution in [3.8, 4) is 11.5 Å². The zero-order chi connectivity index (χ0) is 25.1. The van der Waals surface area contributed by atoms with E-state index in [4.69, 9.17) is 4.74 Å². The van der Waals surface area contributed by atoms with E-state index in [0.29, 0.717) is 31.7 Å². The second-order valence-electron chi connectivity index (χ2n) is 7.84. The van der Waals surface area contributed by atoms with Crippen LogP contribution in [-0.2, 0) is 9.59 Å². The molecule has 0 spiro atoms. The minimum Gasteiger partial charge on any atom is -0.504 e. The van der Waals surface area contributed by atoms with Crippen LogP contribution in [0.15, 0.2) is 47.4 Å². The van der Waals surface area contributed by atoms with Crippen LogP contribution in [0.25, 0.3) is 6.08 Å². The molecule has 2 aliphatic rings. The first-order valence-electron chi connectivity index (χ1n) is 10.7. The number of benzene rings is 2. The summed E-state index contributed by atoms with van der Waals surface area (Å²) < 4.78 is 5.06. The van der Waals surface area contributed by atoms with Crippen molar-refractivity contribution in [1.29, 1.82) is 0 Å². The van der Waals surface area contributed by atoms with E-state index in [-0.39, 0.29) is 34.5 Å². The van der Waals surface area contributed by atoms with Gasteiger partial charge in [-0.1, -0.05) is 6.07 Å². The van der Waals surface area contributed by atoms with E-state index >= 15 is 0 Å². The Bertz CT molecular complexity index is 1210. The van der Waals surface area contributed by atoms with E-state index in [9.17, 15) is 29.6 Å². The van der Waals surface area contributed by atoms with E-state index in [1.807, 2.05) is 4.90 Å². The number of anilines is 1. The SMILES string of the molecule is COc1cc(/C=C2\SC(=O)N(CC(=O)N3CCN(c4ccc([N+](=O)[O-])cc4)CC3)C2=O)ccc1O. The number of phenolic OH excluding ortho intramolecular Hbond substituents is 1. The van der Waals surface area contributed by atoms with Gasteiger partial charge in [-0.25, -0.2) is 0 Å². The third-order valence-electron chi connectivity index (χ3n) is 5.73. The van der Waals surface area contributed by atoms with Gasteiger partial charge < -0.3 is 19.6 Å². The van der Waals surface area contributed by atoms with Crippen LogP contribution in [0.2, 0.25) is 0 Å². The zero-order valence-electron chi connectivity index (χ0n) is 18.7. The normalized spacial score (nSPS) is 17.3. The maximum absolute atomic E-state index is 12.8. The molecule has 2 saturated heterocycles. The summed E-state index contributed by atoms with van der Waals surface area (Å²) in [6, 6.07) is 10.8. The summed E-state index contributed by atoms with van der Waals surface area (Å²) in [5, 5.41) is 20.0. The maximum atomic E-state index is 12.8. The Morgan fingerprint density at radius 1 is 1.14 bits per heavy atom. The van der Waals surface area contributed by atoms with Crippen molar-refractivity contribution in [2.75, 3.05) is 44.7 Å². The maximum Gasteiger partial charge on any atom is 0.294 e. The number of amides is 3. The Morgan fingerprint density at radius 3 is 2.46 bits per heavy atom. The van der Waals surface area contributed by atoms with Crippen LogP contribution in [0.1, 0.15) is 5.56 Å². The topological polar surface area (TPSA) is 134 Å². The number of aromatic hydroxyl groups is 1. The number of nitro benzene ring substituents is 1. The standard InChI is InChI=1S/C23H22N4O7S/c1-34-19-12-15(2-7-18(19)28)13-20-22(30)26(23(31)35-20)14-21(29)25-10-8-24(9-11-25)16-3-5-17(6-4-16)27(32)33/h2-7,12-13,28H,8-11,14H2,1H3/b20-13-. The summed E-state index contributed by atoms with van der Waals surface area (Å²) in [5.41, 5.74) is 1.40. The second-order valence-corrected chi connectivity index (χ2v) is 8.83. The van der Waals surface area contributed by atoms with E-state index < -0.39 is 16.1 Å². The molecule has 0 aromatic heterocycles. The number of thioether (sulfide) groups is 1. The van der Waals surface area contributed by atoms with Gasteiger partial charge >= 0.3 is 0 Å². The predicted molar refractivity (Wildman–Crippen MR) is 129 cm³/mol. The molecule has 11 nitrogen and oxygen atoms in total. The average Bonchev–Trinajstić information content (AvgIpc) is 3.12. The fourth-order valence-electron chi connectivity index (χ4n) is 3.81. The van der Waals surface area contributed by atoms with Crippen LogP contribution in [0.3, 0.4) is 0 Å². The monoisotopic (exact) mass is 498 g/mol. The summed E-state index contributed by atoms with van der Waals surface area (Å²) in [4.78, 5) is 53.1. The molecule has 0 aliphatic carbocycles. The van der Waals surface area contributed by atoms with Crippen molar-refractivity contribution in [1.82, 2.24) is 9.80 Å². The number of hydrogen-bond donors (Lipinski definition) is 1. The van der Waals surface area contributed by atoms with Crippen LogP contribution in [0.5, 0.6) is 11.5 Å². The lowest BCUT2D eigenvalue weighted by atomic mass is 10.2. The number of nitro groups is 1. The van der Waals surface area contributed by atoms with Gasteiger partial charge in [-0.2, -0.15) is 0 Å². The lowest BCUT2D eigenvalue weighted by Gasteiger charge is -2.36. The van der Waals surface area contributed by atoms with Gasteiger partial charge in [-0.15, -0.1) is 0 Å². The quantitative estimate of drug-likeness (QED) is 0.362. The highest BCUT2D eigenvalue weighted by atomic mass is 32.2. The van der Waals surface area contributed by atoms with Crippen molar-refractivity contribution in [3.63, 3.8) is 0 Å². The highest BCUT2D eigenvalue weighted by Gasteiger charge is 2.37. The molecule has 2 heterocycles. The third-order valence-corrected chi connectivity index (χ3v) is 6.63. The number of carbonyl (C=O) groups is 3. The molecule has 4 rings (SSSR count). The van der Waals surface area contributed by atoms with Crippen molar-refractivity contribution in [2.45, 2.75) is 0 Å². The Morgan fingerprint density at radius 2 is 1.83 bits per heavy atom. The molecule has 35 heavy (non-hydrogen) atoms.